The Kier molecular flexibility index (Phi) is 7.90. The van der Waals surface area contributed by atoms with Crippen LogP contribution in [-0.2, 0) is 23.8 Å². The van der Waals surface area contributed by atoms with Crippen LogP contribution >= 0.6 is 11.3 Å². The van der Waals surface area contributed by atoms with Crippen molar-refractivity contribution in [3.63, 3.8) is 0 Å². The highest BCUT2D eigenvalue weighted by Gasteiger charge is 2.30. The fraction of sp³-hybridized carbons (Fsp3) is 0.174. The molecule has 0 saturated carbocycles. The molecular formula is C23H21F3N4O3S. The zero-order valence-corrected chi connectivity index (χ0v) is 18.8. The van der Waals surface area contributed by atoms with Crippen LogP contribution in [0.25, 0.3) is 0 Å². The second kappa shape index (κ2) is 10.8. The quantitative estimate of drug-likeness (QED) is 0.222. The number of methoxy groups -OCH3 is 1. The van der Waals surface area contributed by atoms with E-state index in [0.717, 1.165) is 23.5 Å². The van der Waals surface area contributed by atoms with Gasteiger partial charge in [-0.3, -0.25) is 4.79 Å². The number of thiazole rings is 1. The molecule has 3 aromatic rings. The van der Waals surface area contributed by atoms with Crippen molar-refractivity contribution < 1.29 is 27.8 Å². The number of aromatic hydroxyl groups is 1. The molecule has 11 heteroatoms. The minimum Gasteiger partial charge on any atom is -0.504 e. The average Bonchev–Trinajstić information content (AvgIpc) is 3.22. The molecule has 0 aliphatic heterocycles. The van der Waals surface area contributed by atoms with E-state index in [1.807, 2.05) is 0 Å². The van der Waals surface area contributed by atoms with Gasteiger partial charge in [0.25, 0.3) is 0 Å². The normalized spacial score (nSPS) is 11.4. The first kappa shape index (κ1) is 24.8. The fourth-order valence-electron chi connectivity index (χ4n) is 2.96. The van der Waals surface area contributed by atoms with Crippen molar-refractivity contribution in [1.29, 1.82) is 0 Å². The number of ether oxygens (including phenoxy) is 1. The van der Waals surface area contributed by atoms with Crippen LogP contribution < -0.4 is 15.5 Å². The summed E-state index contributed by atoms with van der Waals surface area (Å²) in [5, 5.41) is 18.8. The molecular weight excluding hydrogens is 469 g/mol. The van der Waals surface area contributed by atoms with Crippen LogP contribution in [0.5, 0.6) is 11.5 Å². The summed E-state index contributed by atoms with van der Waals surface area (Å²) in [6.07, 6.45) is -1.03. The second-order valence-electron chi connectivity index (χ2n) is 7.04. The maximum Gasteiger partial charge on any atom is 0.416 e. The highest BCUT2D eigenvalue weighted by atomic mass is 32.1. The number of carbonyl (C=O) groups is 1. The highest BCUT2D eigenvalue weighted by Crippen LogP contribution is 2.32. The number of phenols is 1. The molecule has 0 saturated heterocycles. The number of phenolic OH excluding ortho intramolecular Hbond substituents is 1. The third kappa shape index (κ3) is 6.58. The molecule has 0 aliphatic rings. The van der Waals surface area contributed by atoms with E-state index < -0.39 is 17.6 Å². The molecule has 0 atom stereocenters. The minimum atomic E-state index is -4.44. The van der Waals surface area contributed by atoms with Crippen molar-refractivity contribution in [2.45, 2.75) is 19.0 Å². The van der Waals surface area contributed by atoms with Crippen molar-refractivity contribution in [1.82, 2.24) is 10.4 Å². The molecule has 34 heavy (non-hydrogen) atoms. The first-order valence-electron chi connectivity index (χ1n) is 9.91. The SMILES string of the molecule is C=CCc1cc(/C=N\NC(=O)Cc2csc(Nc3cccc(C(F)(F)F)c3)n2)cc(OC)c1O. The molecule has 3 N–H and O–H groups in total. The third-order valence-corrected chi connectivity index (χ3v) is 5.30. The van der Waals surface area contributed by atoms with Crippen molar-refractivity contribution in [2.24, 2.45) is 5.10 Å². The van der Waals surface area contributed by atoms with Crippen LogP contribution in [0.4, 0.5) is 24.0 Å². The number of halogens is 3. The van der Waals surface area contributed by atoms with Crippen LogP contribution in [0.3, 0.4) is 0 Å². The van der Waals surface area contributed by atoms with Gasteiger partial charge in [0.2, 0.25) is 5.91 Å². The molecule has 2 aromatic carbocycles. The number of nitrogens with zero attached hydrogens (tertiary/aromatic N) is 2. The van der Waals surface area contributed by atoms with Crippen molar-refractivity contribution >= 4 is 34.3 Å². The van der Waals surface area contributed by atoms with Crippen molar-refractivity contribution in [3.8, 4) is 11.5 Å². The Morgan fingerprint density at radius 2 is 2.12 bits per heavy atom. The molecule has 0 spiro atoms. The van der Waals surface area contributed by atoms with Crippen LogP contribution in [0.1, 0.15) is 22.4 Å². The Hall–Kier alpha value is -3.86. The van der Waals surface area contributed by atoms with Gasteiger partial charge in [0.1, 0.15) is 0 Å². The van der Waals surface area contributed by atoms with Gasteiger partial charge < -0.3 is 15.2 Å². The molecule has 1 amide bonds. The van der Waals surface area contributed by atoms with E-state index in [4.69, 9.17) is 4.74 Å². The van der Waals surface area contributed by atoms with E-state index in [0.29, 0.717) is 28.4 Å². The molecule has 178 valence electrons. The van der Waals surface area contributed by atoms with Crippen molar-refractivity contribution in [2.75, 3.05) is 12.4 Å². The summed E-state index contributed by atoms with van der Waals surface area (Å²) in [6, 6.07) is 8.04. The van der Waals surface area contributed by atoms with E-state index in [9.17, 15) is 23.1 Å². The van der Waals surface area contributed by atoms with Gasteiger partial charge in [-0.15, -0.1) is 17.9 Å². The third-order valence-electron chi connectivity index (χ3n) is 4.50. The maximum absolute atomic E-state index is 12.9. The number of hydrogen-bond acceptors (Lipinski definition) is 7. The number of aromatic nitrogens is 1. The molecule has 1 heterocycles. The van der Waals surface area contributed by atoms with Gasteiger partial charge in [-0.05, 0) is 42.3 Å². The lowest BCUT2D eigenvalue weighted by atomic mass is 10.1. The lowest BCUT2D eigenvalue weighted by Crippen LogP contribution is -2.20. The summed E-state index contributed by atoms with van der Waals surface area (Å²) in [6.45, 7) is 3.65. The minimum absolute atomic E-state index is 0.0154. The number of nitrogens with one attached hydrogen (secondary N) is 2. The molecule has 7 nitrogen and oxygen atoms in total. The second-order valence-corrected chi connectivity index (χ2v) is 7.90. The summed E-state index contributed by atoms with van der Waals surface area (Å²) in [5.74, 6) is -0.138. The Morgan fingerprint density at radius 1 is 1.32 bits per heavy atom. The van der Waals surface area contributed by atoms with Gasteiger partial charge in [-0.1, -0.05) is 12.1 Å². The molecule has 1 aromatic heterocycles. The van der Waals surface area contributed by atoms with E-state index in [-0.39, 0.29) is 23.6 Å². The molecule has 0 unspecified atom stereocenters. The van der Waals surface area contributed by atoms with Gasteiger partial charge >= 0.3 is 6.18 Å². The number of alkyl halides is 3. The Morgan fingerprint density at radius 3 is 2.82 bits per heavy atom. The van der Waals surface area contributed by atoms with Crippen LogP contribution in [0.15, 0.2) is 59.5 Å². The molecule has 0 radical (unpaired) electrons. The monoisotopic (exact) mass is 490 g/mol. The number of benzene rings is 2. The molecule has 3 rings (SSSR count). The number of anilines is 2. The van der Waals surface area contributed by atoms with E-state index in [1.54, 1.807) is 23.6 Å². The van der Waals surface area contributed by atoms with E-state index in [1.165, 1.54) is 25.5 Å². The van der Waals surface area contributed by atoms with Crippen molar-refractivity contribution in [3.05, 3.63) is 76.8 Å². The standard InChI is InChI=1S/C23H21F3N4O3S/c1-3-5-15-8-14(9-19(33-2)21(15)32)12-27-30-20(31)11-18-13-34-22(29-18)28-17-7-4-6-16(10-17)23(24,25)26/h3-4,6-10,12-13,32H,1,5,11H2,2H3,(H,28,29)(H,30,31)/b27-12-. The van der Waals surface area contributed by atoms with E-state index in [2.05, 4.69) is 27.4 Å². The fourth-order valence-corrected chi connectivity index (χ4v) is 3.69. The number of hydrazone groups is 1. The smallest absolute Gasteiger partial charge is 0.416 e. The number of allylic oxidation sites excluding steroid dienone is 1. The number of hydrogen-bond donors (Lipinski definition) is 3. The lowest BCUT2D eigenvalue weighted by Gasteiger charge is -2.09. The Bertz CT molecular complexity index is 1210. The van der Waals surface area contributed by atoms with Crippen LogP contribution in [0, 0.1) is 0 Å². The molecule has 0 fully saturated rings. The first-order valence-corrected chi connectivity index (χ1v) is 10.8. The molecule has 0 bridgehead atoms. The van der Waals surface area contributed by atoms with Crippen LogP contribution in [0.2, 0.25) is 0 Å². The van der Waals surface area contributed by atoms with Gasteiger partial charge in [0, 0.05) is 16.6 Å². The highest BCUT2D eigenvalue weighted by molar-refractivity contribution is 7.13. The summed E-state index contributed by atoms with van der Waals surface area (Å²) < 4.78 is 43.7. The van der Waals surface area contributed by atoms with Gasteiger partial charge in [-0.25, -0.2) is 10.4 Å². The van der Waals surface area contributed by atoms with Gasteiger partial charge in [0.05, 0.1) is 31.0 Å². The summed E-state index contributed by atoms with van der Waals surface area (Å²) >= 11 is 1.16. The van der Waals surface area contributed by atoms with Crippen LogP contribution in [-0.4, -0.2) is 29.3 Å². The zero-order chi connectivity index (χ0) is 24.7. The predicted octanol–water partition coefficient (Wildman–Crippen LogP) is 5.04. The van der Waals surface area contributed by atoms with Gasteiger partial charge in [-0.2, -0.15) is 18.3 Å². The number of rotatable bonds is 9. The summed E-state index contributed by atoms with van der Waals surface area (Å²) in [5.41, 5.74) is 3.51. The Balaban J connectivity index is 1.59. The summed E-state index contributed by atoms with van der Waals surface area (Å²) in [7, 11) is 1.43. The number of amides is 1. The lowest BCUT2D eigenvalue weighted by molar-refractivity contribution is -0.137. The van der Waals surface area contributed by atoms with E-state index >= 15 is 0 Å². The average molecular weight is 491 g/mol. The number of carbonyl (C=O) groups excluding carboxylic acids is 1. The molecule has 0 aliphatic carbocycles. The zero-order valence-electron chi connectivity index (χ0n) is 18.0. The first-order chi connectivity index (χ1) is 16.2. The van der Waals surface area contributed by atoms with Gasteiger partial charge in [0.15, 0.2) is 16.6 Å². The maximum atomic E-state index is 12.9. The largest absolute Gasteiger partial charge is 0.504 e. The predicted molar refractivity (Wildman–Crippen MR) is 125 cm³/mol. The summed E-state index contributed by atoms with van der Waals surface area (Å²) in [4.78, 5) is 16.4. The Labute approximate surface area is 197 Å². The topological polar surface area (TPSA) is 95.8 Å².